The van der Waals surface area contributed by atoms with Crippen molar-refractivity contribution in [1.82, 2.24) is 14.8 Å². The first-order valence-electron chi connectivity index (χ1n) is 6.25. The number of rotatable bonds is 4. The summed E-state index contributed by atoms with van der Waals surface area (Å²) in [5, 5.41) is 17.8. The molecular formula is C14H19N3O2. The molecule has 5 nitrogen and oxygen atoms in total. The van der Waals surface area contributed by atoms with E-state index in [4.69, 9.17) is 4.74 Å². The molecule has 0 fully saturated rings. The van der Waals surface area contributed by atoms with E-state index in [1.165, 1.54) is 0 Å². The van der Waals surface area contributed by atoms with Gasteiger partial charge in [-0.3, -0.25) is 0 Å². The lowest BCUT2D eigenvalue weighted by molar-refractivity contribution is 0.189. The molecule has 1 aromatic carbocycles. The van der Waals surface area contributed by atoms with Crippen molar-refractivity contribution in [2.24, 2.45) is 7.05 Å². The molecule has 19 heavy (non-hydrogen) atoms. The second-order valence-corrected chi connectivity index (χ2v) is 4.73. The van der Waals surface area contributed by atoms with E-state index in [-0.39, 0.29) is 0 Å². The van der Waals surface area contributed by atoms with Crippen LogP contribution in [0.15, 0.2) is 18.2 Å². The third-order valence-corrected chi connectivity index (χ3v) is 3.16. The van der Waals surface area contributed by atoms with E-state index < -0.39 is 6.10 Å². The molecule has 1 heterocycles. The Balaban J connectivity index is 2.19. The van der Waals surface area contributed by atoms with E-state index >= 15 is 0 Å². The molecular weight excluding hydrogens is 242 g/mol. The van der Waals surface area contributed by atoms with Crippen molar-refractivity contribution < 1.29 is 9.84 Å². The van der Waals surface area contributed by atoms with Gasteiger partial charge in [0.15, 0.2) is 5.82 Å². The van der Waals surface area contributed by atoms with Crippen LogP contribution in [-0.4, -0.2) is 19.9 Å². The number of hydrogen-bond donors (Lipinski definition) is 1. The molecule has 102 valence electrons. The number of benzene rings is 1. The van der Waals surface area contributed by atoms with E-state index in [1.54, 1.807) is 6.92 Å². The van der Waals surface area contributed by atoms with Gasteiger partial charge < -0.3 is 14.4 Å². The minimum atomic E-state index is -0.558. The zero-order chi connectivity index (χ0) is 14.0. The average Bonchev–Trinajstić information content (AvgIpc) is 2.67. The first kappa shape index (κ1) is 13.5. The van der Waals surface area contributed by atoms with Gasteiger partial charge in [-0.15, -0.1) is 10.2 Å². The maximum atomic E-state index is 9.74. The molecule has 0 saturated heterocycles. The number of ether oxygens (including phenoxy) is 1. The molecule has 2 rings (SSSR count). The van der Waals surface area contributed by atoms with Crippen LogP contribution in [0.5, 0.6) is 5.75 Å². The monoisotopic (exact) mass is 261 g/mol. The quantitative estimate of drug-likeness (QED) is 0.915. The Morgan fingerprint density at radius 3 is 2.63 bits per heavy atom. The van der Waals surface area contributed by atoms with Crippen molar-refractivity contribution in [2.45, 2.75) is 33.5 Å². The molecule has 5 heteroatoms. The Kier molecular flexibility index (Phi) is 3.85. The summed E-state index contributed by atoms with van der Waals surface area (Å²) in [7, 11) is 1.90. The Bertz CT molecular complexity index is 576. The van der Waals surface area contributed by atoms with Crippen LogP contribution in [0.1, 0.15) is 35.8 Å². The summed E-state index contributed by atoms with van der Waals surface area (Å²) in [6.45, 7) is 5.94. The van der Waals surface area contributed by atoms with Gasteiger partial charge in [0.25, 0.3) is 0 Å². The van der Waals surface area contributed by atoms with Crippen LogP contribution >= 0.6 is 0 Å². The molecule has 1 atom stereocenters. The lowest BCUT2D eigenvalue weighted by Gasteiger charge is -2.14. The van der Waals surface area contributed by atoms with Gasteiger partial charge in [-0.25, -0.2) is 0 Å². The second kappa shape index (κ2) is 5.40. The van der Waals surface area contributed by atoms with Crippen molar-refractivity contribution in [3.8, 4) is 5.75 Å². The van der Waals surface area contributed by atoms with Crippen LogP contribution < -0.4 is 4.74 Å². The van der Waals surface area contributed by atoms with Gasteiger partial charge in [0, 0.05) is 12.6 Å². The summed E-state index contributed by atoms with van der Waals surface area (Å²) >= 11 is 0. The topological polar surface area (TPSA) is 60.2 Å². The van der Waals surface area contributed by atoms with E-state index in [1.807, 2.05) is 43.7 Å². The van der Waals surface area contributed by atoms with Crippen molar-refractivity contribution >= 4 is 0 Å². The van der Waals surface area contributed by atoms with Gasteiger partial charge in [-0.05, 0) is 32.4 Å². The predicted octanol–water partition coefficient (Wildman–Crippen LogP) is 2.06. The summed E-state index contributed by atoms with van der Waals surface area (Å²) < 4.78 is 7.66. The van der Waals surface area contributed by atoms with E-state index in [9.17, 15) is 5.11 Å². The van der Waals surface area contributed by atoms with Crippen LogP contribution in [-0.2, 0) is 13.7 Å². The fraction of sp³-hybridized carbons (Fsp3) is 0.429. The van der Waals surface area contributed by atoms with Gasteiger partial charge in [-0.2, -0.15) is 0 Å². The fourth-order valence-electron chi connectivity index (χ4n) is 1.83. The molecule has 0 aliphatic heterocycles. The Morgan fingerprint density at radius 2 is 2.05 bits per heavy atom. The van der Waals surface area contributed by atoms with Crippen molar-refractivity contribution in [2.75, 3.05) is 0 Å². The molecule has 0 radical (unpaired) electrons. The van der Waals surface area contributed by atoms with E-state index in [0.29, 0.717) is 12.4 Å². The number of aryl methyl sites for hydroxylation is 2. The summed E-state index contributed by atoms with van der Waals surface area (Å²) in [4.78, 5) is 0. The molecule has 1 aromatic heterocycles. The smallest absolute Gasteiger partial charge is 0.170 e. The molecule has 0 aliphatic rings. The number of aliphatic hydroxyl groups excluding tert-OH is 1. The zero-order valence-electron chi connectivity index (χ0n) is 11.7. The van der Waals surface area contributed by atoms with Crippen molar-refractivity contribution in [3.05, 3.63) is 41.0 Å². The highest BCUT2D eigenvalue weighted by atomic mass is 16.5. The minimum absolute atomic E-state index is 0.334. The van der Waals surface area contributed by atoms with Crippen LogP contribution in [0.3, 0.4) is 0 Å². The first-order valence-corrected chi connectivity index (χ1v) is 6.25. The second-order valence-electron chi connectivity index (χ2n) is 4.73. The van der Waals surface area contributed by atoms with Crippen molar-refractivity contribution in [1.29, 1.82) is 0 Å². The lowest BCUT2D eigenvalue weighted by atomic mass is 10.1. The molecule has 0 amide bonds. The molecule has 2 aromatic rings. The zero-order valence-corrected chi connectivity index (χ0v) is 11.7. The maximum Gasteiger partial charge on any atom is 0.170 e. The molecule has 0 unspecified atom stereocenters. The van der Waals surface area contributed by atoms with Crippen LogP contribution in [0.4, 0.5) is 0 Å². The SMILES string of the molecule is Cc1ccc([C@H](C)O)c(OCc2nnc(C)n2C)c1. The molecule has 0 saturated carbocycles. The van der Waals surface area contributed by atoms with Crippen LogP contribution in [0.25, 0.3) is 0 Å². The summed E-state index contributed by atoms with van der Waals surface area (Å²) in [5.41, 5.74) is 1.87. The van der Waals surface area contributed by atoms with Gasteiger partial charge >= 0.3 is 0 Å². The number of aliphatic hydroxyl groups is 1. The third-order valence-electron chi connectivity index (χ3n) is 3.16. The van der Waals surface area contributed by atoms with Crippen LogP contribution in [0.2, 0.25) is 0 Å². The number of hydrogen-bond acceptors (Lipinski definition) is 4. The Morgan fingerprint density at radius 1 is 1.32 bits per heavy atom. The Labute approximate surface area is 112 Å². The summed E-state index contributed by atoms with van der Waals surface area (Å²) in [5.74, 6) is 2.30. The maximum absolute atomic E-state index is 9.74. The average molecular weight is 261 g/mol. The molecule has 0 spiro atoms. The predicted molar refractivity (Wildman–Crippen MR) is 71.9 cm³/mol. The van der Waals surface area contributed by atoms with Crippen LogP contribution in [0, 0.1) is 13.8 Å². The largest absolute Gasteiger partial charge is 0.485 e. The fourth-order valence-corrected chi connectivity index (χ4v) is 1.83. The number of aromatic nitrogens is 3. The standard InChI is InChI=1S/C14H19N3O2/c1-9-5-6-12(10(2)18)13(7-9)19-8-14-16-15-11(3)17(14)4/h5-7,10,18H,8H2,1-4H3/t10-/m0/s1. The van der Waals surface area contributed by atoms with E-state index in [2.05, 4.69) is 10.2 Å². The van der Waals surface area contributed by atoms with Gasteiger partial charge in [-0.1, -0.05) is 12.1 Å². The lowest BCUT2D eigenvalue weighted by Crippen LogP contribution is -2.06. The normalized spacial score (nSPS) is 12.5. The summed E-state index contributed by atoms with van der Waals surface area (Å²) in [6, 6.07) is 5.77. The third kappa shape index (κ3) is 2.93. The summed E-state index contributed by atoms with van der Waals surface area (Å²) in [6.07, 6.45) is -0.558. The Hall–Kier alpha value is -1.88. The van der Waals surface area contributed by atoms with Gasteiger partial charge in [0.05, 0.1) is 6.10 Å². The van der Waals surface area contributed by atoms with E-state index in [0.717, 1.165) is 22.8 Å². The molecule has 1 N–H and O–H groups in total. The minimum Gasteiger partial charge on any atom is -0.485 e. The number of nitrogens with zero attached hydrogens (tertiary/aromatic N) is 3. The molecule has 0 aliphatic carbocycles. The van der Waals surface area contributed by atoms with Gasteiger partial charge in [0.2, 0.25) is 0 Å². The van der Waals surface area contributed by atoms with Crippen molar-refractivity contribution in [3.63, 3.8) is 0 Å². The first-order chi connectivity index (χ1) is 8.99. The molecule has 0 bridgehead atoms. The van der Waals surface area contributed by atoms with Gasteiger partial charge in [0.1, 0.15) is 18.2 Å². The highest BCUT2D eigenvalue weighted by Gasteiger charge is 2.11. The highest BCUT2D eigenvalue weighted by molar-refractivity contribution is 5.38. The highest BCUT2D eigenvalue weighted by Crippen LogP contribution is 2.26.